The average molecular weight is 280 g/mol. The first-order valence-electron chi connectivity index (χ1n) is 7.86. The highest BCUT2D eigenvalue weighted by molar-refractivity contribution is 5.06. The molecule has 0 bridgehead atoms. The number of furan rings is 1. The second-order valence-electron chi connectivity index (χ2n) is 5.99. The highest BCUT2D eigenvalue weighted by Crippen LogP contribution is 2.15. The molecule has 1 atom stereocenters. The first-order valence-corrected chi connectivity index (χ1v) is 7.86. The quantitative estimate of drug-likeness (QED) is 0.802. The lowest BCUT2D eigenvalue weighted by Gasteiger charge is -2.31. The minimum Gasteiger partial charge on any atom is -0.465 e. The summed E-state index contributed by atoms with van der Waals surface area (Å²) < 4.78 is 5.62. The molecule has 2 heterocycles. The molecule has 0 radical (unpaired) electrons. The lowest BCUT2D eigenvalue weighted by molar-refractivity contribution is 0.0903. The fourth-order valence-corrected chi connectivity index (χ4v) is 2.68. The van der Waals surface area contributed by atoms with E-state index in [1.54, 1.807) is 0 Å². The summed E-state index contributed by atoms with van der Waals surface area (Å²) in [4.78, 5) is 2.37. The van der Waals surface area contributed by atoms with Crippen LogP contribution < -0.4 is 5.32 Å². The van der Waals surface area contributed by atoms with Gasteiger partial charge in [0.15, 0.2) is 0 Å². The number of aliphatic hydroxyl groups is 1. The zero-order chi connectivity index (χ0) is 14.4. The molecular weight excluding hydrogens is 252 g/mol. The van der Waals surface area contributed by atoms with E-state index in [2.05, 4.69) is 24.1 Å². The Morgan fingerprint density at radius 3 is 2.70 bits per heavy atom. The highest BCUT2D eigenvalue weighted by Gasteiger charge is 2.18. The third-order valence-corrected chi connectivity index (χ3v) is 4.09. The molecule has 1 aliphatic rings. The Balaban J connectivity index is 1.61. The van der Waals surface area contributed by atoms with Crippen molar-refractivity contribution >= 4 is 0 Å². The standard InChI is InChI=1S/C16H28N2O2/c1-3-15-4-5-16(20-15)11-17-10-14(19)12-18-8-6-13(2)7-9-18/h4-5,13-14,17,19H,3,6-12H2,1-2H3. The molecule has 1 aliphatic heterocycles. The first-order chi connectivity index (χ1) is 9.67. The van der Waals surface area contributed by atoms with Gasteiger partial charge in [-0.2, -0.15) is 0 Å². The number of nitrogens with one attached hydrogen (secondary N) is 1. The van der Waals surface area contributed by atoms with Crippen LogP contribution in [0.25, 0.3) is 0 Å². The van der Waals surface area contributed by atoms with E-state index < -0.39 is 0 Å². The van der Waals surface area contributed by atoms with E-state index >= 15 is 0 Å². The molecule has 1 aromatic heterocycles. The monoisotopic (exact) mass is 280 g/mol. The van der Waals surface area contributed by atoms with Gasteiger partial charge in [-0.1, -0.05) is 13.8 Å². The highest BCUT2D eigenvalue weighted by atomic mass is 16.3. The number of piperidine rings is 1. The molecule has 20 heavy (non-hydrogen) atoms. The number of nitrogens with zero attached hydrogens (tertiary/aromatic N) is 1. The Kier molecular flexibility index (Phi) is 6.07. The molecule has 0 aliphatic carbocycles. The predicted octanol–water partition coefficient (Wildman–Crippen LogP) is 2.02. The van der Waals surface area contributed by atoms with Crippen molar-refractivity contribution < 1.29 is 9.52 Å². The molecule has 1 fully saturated rings. The third-order valence-electron chi connectivity index (χ3n) is 4.09. The summed E-state index contributed by atoms with van der Waals surface area (Å²) in [5.41, 5.74) is 0. The van der Waals surface area contributed by atoms with E-state index in [0.29, 0.717) is 13.1 Å². The summed E-state index contributed by atoms with van der Waals surface area (Å²) in [5.74, 6) is 2.80. The fraction of sp³-hybridized carbons (Fsp3) is 0.750. The van der Waals surface area contributed by atoms with Crippen molar-refractivity contribution in [1.29, 1.82) is 0 Å². The van der Waals surface area contributed by atoms with E-state index in [1.807, 2.05) is 12.1 Å². The van der Waals surface area contributed by atoms with E-state index in [1.165, 1.54) is 12.8 Å². The van der Waals surface area contributed by atoms with Crippen LogP contribution in [0.3, 0.4) is 0 Å². The molecule has 1 saturated heterocycles. The maximum Gasteiger partial charge on any atom is 0.117 e. The van der Waals surface area contributed by atoms with E-state index in [0.717, 1.165) is 43.5 Å². The molecule has 2 N–H and O–H groups in total. The Bertz CT molecular complexity index is 384. The van der Waals surface area contributed by atoms with Gasteiger partial charge in [0.1, 0.15) is 11.5 Å². The van der Waals surface area contributed by atoms with Crippen LogP contribution in [0.4, 0.5) is 0 Å². The second-order valence-corrected chi connectivity index (χ2v) is 5.99. The Morgan fingerprint density at radius 2 is 2.05 bits per heavy atom. The van der Waals surface area contributed by atoms with E-state index in [9.17, 15) is 5.11 Å². The predicted molar refractivity (Wildman–Crippen MR) is 80.6 cm³/mol. The summed E-state index contributed by atoms with van der Waals surface area (Å²) >= 11 is 0. The van der Waals surface area contributed by atoms with Gasteiger partial charge in [0, 0.05) is 19.5 Å². The van der Waals surface area contributed by atoms with Crippen LogP contribution in [0, 0.1) is 5.92 Å². The van der Waals surface area contributed by atoms with Crippen molar-refractivity contribution in [2.24, 2.45) is 5.92 Å². The number of hydrogen-bond acceptors (Lipinski definition) is 4. The van der Waals surface area contributed by atoms with Gasteiger partial charge in [-0.15, -0.1) is 0 Å². The Morgan fingerprint density at radius 1 is 1.35 bits per heavy atom. The lowest BCUT2D eigenvalue weighted by Crippen LogP contribution is -2.41. The molecule has 4 heteroatoms. The lowest BCUT2D eigenvalue weighted by atomic mass is 9.99. The molecule has 1 aromatic rings. The van der Waals surface area contributed by atoms with Crippen molar-refractivity contribution in [2.75, 3.05) is 26.2 Å². The molecule has 0 saturated carbocycles. The minimum absolute atomic E-state index is 0.302. The maximum atomic E-state index is 10.1. The van der Waals surface area contributed by atoms with Crippen molar-refractivity contribution in [3.63, 3.8) is 0 Å². The third kappa shape index (κ3) is 4.93. The average Bonchev–Trinajstić information content (AvgIpc) is 2.89. The zero-order valence-corrected chi connectivity index (χ0v) is 12.8. The van der Waals surface area contributed by atoms with Gasteiger partial charge < -0.3 is 19.7 Å². The molecule has 114 valence electrons. The van der Waals surface area contributed by atoms with Gasteiger partial charge in [-0.25, -0.2) is 0 Å². The van der Waals surface area contributed by atoms with Crippen molar-refractivity contribution in [2.45, 2.75) is 45.8 Å². The smallest absolute Gasteiger partial charge is 0.117 e. The summed E-state index contributed by atoms with van der Waals surface area (Å²) in [6.07, 6.45) is 3.14. The molecule has 4 nitrogen and oxygen atoms in total. The first kappa shape index (κ1) is 15.5. The van der Waals surface area contributed by atoms with E-state index in [-0.39, 0.29) is 6.10 Å². The Hall–Kier alpha value is -0.840. The van der Waals surface area contributed by atoms with Crippen LogP contribution in [0.5, 0.6) is 0 Å². The molecule has 0 aromatic carbocycles. The molecular formula is C16H28N2O2. The maximum absolute atomic E-state index is 10.1. The number of likely N-dealkylation sites (tertiary alicyclic amines) is 1. The normalized spacial score (nSPS) is 19.4. The summed E-state index contributed by atoms with van der Waals surface area (Å²) in [7, 11) is 0. The topological polar surface area (TPSA) is 48.6 Å². The van der Waals surface area contributed by atoms with Crippen LogP contribution in [0.1, 0.15) is 38.2 Å². The van der Waals surface area contributed by atoms with Crippen LogP contribution in [-0.4, -0.2) is 42.3 Å². The van der Waals surface area contributed by atoms with Crippen LogP contribution >= 0.6 is 0 Å². The summed E-state index contributed by atoms with van der Waals surface area (Å²) in [6.45, 7) is 8.72. The Labute approximate surface area is 122 Å². The number of aryl methyl sites for hydroxylation is 1. The number of rotatable bonds is 7. The second kappa shape index (κ2) is 7.81. The molecule has 0 amide bonds. The van der Waals surface area contributed by atoms with E-state index in [4.69, 9.17) is 4.42 Å². The number of aliphatic hydroxyl groups excluding tert-OH is 1. The van der Waals surface area contributed by atoms with Gasteiger partial charge in [-0.05, 0) is 44.0 Å². The van der Waals surface area contributed by atoms with Crippen molar-refractivity contribution in [1.82, 2.24) is 10.2 Å². The van der Waals surface area contributed by atoms with Gasteiger partial charge in [-0.3, -0.25) is 0 Å². The summed E-state index contributed by atoms with van der Waals surface area (Å²) in [5, 5.41) is 13.3. The van der Waals surface area contributed by atoms with Crippen LogP contribution in [0.15, 0.2) is 16.5 Å². The minimum atomic E-state index is -0.302. The van der Waals surface area contributed by atoms with Crippen LogP contribution in [-0.2, 0) is 13.0 Å². The van der Waals surface area contributed by atoms with Crippen molar-refractivity contribution in [3.8, 4) is 0 Å². The molecule has 2 rings (SSSR count). The molecule has 1 unspecified atom stereocenters. The van der Waals surface area contributed by atoms with Gasteiger partial charge in [0.25, 0.3) is 0 Å². The largest absolute Gasteiger partial charge is 0.465 e. The van der Waals surface area contributed by atoms with Gasteiger partial charge in [0.2, 0.25) is 0 Å². The fourth-order valence-electron chi connectivity index (χ4n) is 2.68. The van der Waals surface area contributed by atoms with Gasteiger partial charge in [0.05, 0.1) is 12.6 Å². The van der Waals surface area contributed by atoms with Gasteiger partial charge >= 0.3 is 0 Å². The van der Waals surface area contributed by atoms with Crippen LogP contribution in [0.2, 0.25) is 0 Å². The summed E-state index contributed by atoms with van der Waals surface area (Å²) in [6, 6.07) is 4.02. The zero-order valence-electron chi connectivity index (χ0n) is 12.8. The number of β-amino-alcohol motifs (C(OH)–C–C–N with tert-alkyl or cyclic N) is 1. The number of hydrogen-bond donors (Lipinski definition) is 2. The molecule has 0 spiro atoms. The SMILES string of the molecule is CCc1ccc(CNCC(O)CN2CCC(C)CC2)o1. The van der Waals surface area contributed by atoms with Crippen molar-refractivity contribution in [3.05, 3.63) is 23.7 Å².